The lowest BCUT2D eigenvalue weighted by molar-refractivity contribution is 0.444. The number of anilines is 9. The molecule has 3 nitrogen and oxygen atoms in total. The molecule has 5 heteroatoms. The molecule has 4 aliphatic rings. The minimum absolute atomic E-state index is 0.138. The Morgan fingerprint density at radius 3 is 1.38 bits per heavy atom. The molecule has 0 saturated heterocycles. The van der Waals surface area contributed by atoms with Crippen LogP contribution in [-0.2, 0) is 0 Å². The lowest BCUT2D eigenvalue weighted by Crippen LogP contribution is -2.61. The van der Waals surface area contributed by atoms with E-state index in [-0.39, 0.29) is 6.71 Å². The number of benzene rings is 7. The molecule has 0 spiro atoms. The third kappa shape index (κ3) is 5.03. The van der Waals surface area contributed by atoms with Gasteiger partial charge in [0.2, 0.25) is 0 Å². The van der Waals surface area contributed by atoms with Crippen LogP contribution >= 0.6 is 0 Å². The predicted octanol–water partition coefficient (Wildman–Crippen LogP) is 10.7. The van der Waals surface area contributed by atoms with Crippen LogP contribution in [0.1, 0.15) is 49.1 Å². The first-order valence-electron chi connectivity index (χ1n) is 20.6. The second-order valence-corrected chi connectivity index (χ2v) is 21.2. The highest BCUT2D eigenvalue weighted by molar-refractivity contribution is 7.03. The molecule has 7 aromatic carbocycles. The van der Waals surface area contributed by atoms with Crippen molar-refractivity contribution in [3.8, 4) is 0 Å². The van der Waals surface area contributed by atoms with Crippen molar-refractivity contribution in [1.29, 1.82) is 0 Å². The number of hydrogen-bond acceptors (Lipinski definition) is 3. The van der Waals surface area contributed by atoms with Gasteiger partial charge in [0, 0.05) is 51.2 Å². The third-order valence-corrected chi connectivity index (χ3v) is 16.8. The Morgan fingerprint density at radius 1 is 0.464 bits per heavy atom. The van der Waals surface area contributed by atoms with E-state index >= 15 is 0 Å². The van der Waals surface area contributed by atoms with Gasteiger partial charge in [0.1, 0.15) is 8.07 Å². The Labute approximate surface area is 333 Å². The average molecular weight is 740 g/mol. The number of fused-ring (bicyclic) bond motifs is 6. The van der Waals surface area contributed by atoms with Gasteiger partial charge in [-0.3, -0.25) is 0 Å². The molecule has 0 unspecified atom stereocenters. The summed E-state index contributed by atoms with van der Waals surface area (Å²) in [5, 5.41) is 2.98. The molecule has 0 amide bonds. The average Bonchev–Trinajstić information content (AvgIpc) is 3.25. The standard InChI is InChI=1S/C51H46BN3Si/c1-35-25-27-38(28-26-35)53-43-19-9-7-17-41(43)52-42-18-8-10-20-44(42)54(48-34-37(33-47(53)51(48)52)36-15-5-4-6-16-36)39-29-31-40(32-30-39)55-45-21-11-13-23-49(45)56(2,3)50-24-14-12-22-46(50)55/h7-14,17-34,36H,4-6,15-16H2,1-3H3. The number of hydrogen-bond donors (Lipinski definition) is 0. The van der Waals surface area contributed by atoms with Gasteiger partial charge in [-0.2, -0.15) is 0 Å². The summed E-state index contributed by atoms with van der Waals surface area (Å²) in [6, 6.07) is 60.2. The van der Waals surface area contributed by atoms with Crippen LogP contribution in [0, 0.1) is 6.92 Å². The highest BCUT2D eigenvalue weighted by Crippen LogP contribution is 2.47. The largest absolute Gasteiger partial charge is 0.311 e. The zero-order valence-electron chi connectivity index (χ0n) is 32.5. The maximum Gasteiger partial charge on any atom is 0.252 e. The van der Waals surface area contributed by atoms with Gasteiger partial charge >= 0.3 is 0 Å². The normalized spacial score (nSPS) is 16.4. The molecule has 11 rings (SSSR count). The van der Waals surface area contributed by atoms with Crippen molar-refractivity contribution in [2.24, 2.45) is 0 Å². The SMILES string of the molecule is Cc1ccc(N2c3ccccc3B3c4ccccc4N(c4ccc(N5c6ccccc6[Si](C)(C)c6ccccc65)cc4)c4cc(C5CCCCC5)cc2c43)cc1. The van der Waals surface area contributed by atoms with Gasteiger partial charge in [0.15, 0.2) is 0 Å². The fraction of sp³-hybridized carbons (Fsp3) is 0.176. The van der Waals surface area contributed by atoms with E-state index in [1.807, 2.05) is 0 Å². The topological polar surface area (TPSA) is 9.72 Å². The quantitative estimate of drug-likeness (QED) is 0.166. The van der Waals surface area contributed by atoms with Crippen LogP contribution in [0.3, 0.4) is 0 Å². The first-order chi connectivity index (χ1) is 27.5. The molecule has 1 fully saturated rings. The molecule has 3 heterocycles. The van der Waals surface area contributed by atoms with Crippen LogP contribution in [0.5, 0.6) is 0 Å². The maximum absolute atomic E-state index is 2.58. The lowest BCUT2D eigenvalue weighted by Gasteiger charge is -2.45. The fourth-order valence-electron chi connectivity index (χ4n) is 10.5. The molecule has 0 N–H and O–H groups in total. The first kappa shape index (κ1) is 33.6. The summed E-state index contributed by atoms with van der Waals surface area (Å²) in [4.78, 5) is 7.63. The summed E-state index contributed by atoms with van der Waals surface area (Å²) in [5.74, 6) is 0.564. The highest BCUT2D eigenvalue weighted by atomic mass is 28.3. The molecule has 1 aliphatic carbocycles. The van der Waals surface area contributed by atoms with E-state index in [0.717, 1.165) is 0 Å². The summed E-state index contributed by atoms with van der Waals surface area (Å²) >= 11 is 0. The number of nitrogens with zero attached hydrogens (tertiary/aromatic N) is 3. The van der Waals surface area contributed by atoms with E-state index in [4.69, 9.17) is 0 Å². The van der Waals surface area contributed by atoms with E-state index in [2.05, 4.69) is 192 Å². The van der Waals surface area contributed by atoms with Crippen molar-refractivity contribution in [3.63, 3.8) is 0 Å². The van der Waals surface area contributed by atoms with E-state index in [0.29, 0.717) is 5.92 Å². The number of aryl methyl sites for hydroxylation is 1. The van der Waals surface area contributed by atoms with E-state index < -0.39 is 8.07 Å². The fourth-order valence-corrected chi connectivity index (χ4v) is 13.5. The Balaban J connectivity index is 1.12. The summed E-state index contributed by atoms with van der Waals surface area (Å²) in [7, 11) is -1.87. The molecule has 7 aromatic rings. The van der Waals surface area contributed by atoms with Crippen molar-refractivity contribution < 1.29 is 0 Å². The van der Waals surface area contributed by atoms with E-state index in [9.17, 15) is 0 Å². The Bertz CT molecular complexity index is 2590. The Kier molecular flexibility index (Phi) is 7.72. The highest BCUT2D eigenvalue weighted by Gasteiger charge is 2.44. The monoisotopic (exact) mass is 739 g/mol. The van der Waals surface area contributed by atoms with Crippen LogP contribution in [0.25, 0.3) is 0 Å². The minimum atomic E-state index is -1.87. The second-order valence-electron chi connectivity index (χ2n) is 16.9. The Morgan fingerprint density at radius 2 is 0.875 bits per heavy atom. The number of para-hydroxylation sites is 4. The van der Waals surface area contributed by atoms with Gasteiger partial charge in [-0.15, -0.1) is 0 Å². The molecule has 3 aliphatic heterocycles. The molecule has 56 heavy (non-hydrogen) atoms. The molecule has 272 valence electrons. The van der Waals surface area contributed by atoms with Crippen molar-refractivity contribution in [2.75, 3.05) is 14.7 Å². The zero-order chi connectivity index (χ0) is 37.5. The van der Waals surface area contributed by atoms with Crippen LogP contribution in [0.4, 0.5) is 51.2 Å². The van der Waals surface area contributed by atoms with Crippen molar-refractivity contribution in [1.82, 2.24) is 0 Å². The van der Waals surface area contributed by atoms with Gasteiger partial charge in [-0.05, 0) is 131 Å². The molecule has 0 bridgehead atoms. The summed E-state index contributed by atoms with van der Waals surface area (Å²) in [6.45, 7) is 7.30. The van der Waals surface area contributed by atoms with Crippen molar-refractivity contribution in [2.45, 2.75) is 58.0 Å². The molecule has 0 atom stereocenters. The molecular formula is C51H46BN3Si. The smallest absolute Gasteiger partial charge is 0.252 e. The zero-order valence-corrected chi connectivity index (χ0v) is 33.5. The predicted molar refractivity (Wildman–Crippen MR) is 242 cm³/mol. The van der Waals surface area contributed by atoms with Crippen LogP contribution < -0.4 is 41.5 Å². The van der Waals surface area contributed by atoms with E-state index in [1.165, 1.54) is 121 Å². The van der Waals surface area contributed by atoms with Gasteiger partial charge in [0.25, 0.3) is 6.71 Å². The molecular weight excluding hydrogens is 693 g/mol. The van der Waals surface area contributed by atoms with Gasteiger partial charge in [-0.1, -0.05) is 123 Å². The van der Waals surface area contributed by atoms with Gasteiger partial charge in [0.05, 0.1) is 0 Å². The Hall–Kier alpha value is -5.78. The summed E-state index contributed by atoms with van der Waals surface area (Å²) in [6.07, 6.45) is 6.47. The molecule has 0 radical (unpaired) electrons. The maximum atomic E-state index is 2.58. The summed E-state index contributed by atoms with van der Waals surface area (Å²) in [5.41, 5.74) is 18.3. The van der Waals surface area contributed by atoms with Crippen molar-refractivity contribution in [3.05, 3.63) is 169 Å². The second kappa shape index (κ2) is 12.9. The molecule has 0 aromatic heterocycles. The third-order valence-electron chi connectivity index (χ3n) is 13.3. The number of rotatable bonds is 4. The van der Waals surface area contributed by atoms with Crippen LogP contribution in [0.15, 0.2) is 158 Å². The van der Waals surface area contributed by atoms with Crippen molar-refractivity contribution >= 4 is 92.7 Å². The van der Waals surface area contributed by atoms with Crippen LogP contribution in [0.2, 0.25) is 13.1 Å². The first-order valence-corrected chi connectivity index (χ1v) is 23.6. The van der Waals surface area contributed by atoms with Gasteiger partial charge in [-0.25, -0.2) is 0 Å². The molecule has 1 saturated carbocycles. The van der Waals surface area contributed by atoms with Gasteiger partial charge < -0.3 is 14.7 Å². The lowest BCUT2D eigenvalue weighted by atomic mass is 9.33. The summed E-state index contributed by atoms with van der Waals surface area (Å²) < 4.78 is 0. The van der Waals surface area contributed by atoms with E-state index in [1.54, 1.807) is 0 Å². The minimum Gasteiger partial charge on any atom is -0.311 e. The van der Waals surface area contributed by atoms with Crippen LogP contribution in [-0.4, -0.2) is 14.8 Å².